The van der Waals surface area contributed by atoms with Gasteiger partial charge >= 0.3 is 0 Å². The van der Waals surface area contributed by atoms with E-state index in [1.54, 1.807) is 26.0 Å². The third-order valence-electron chi connectivity index (χ3n) is 3.28. The summed E-state index contributed by atoms with van der Waals surface area (Å²) in [4.78, 5) is 8.37. The number of para-hydroxylation sites is 1. The van der Waals surface area contributed by atoms with Crippen molar-refractivity contribution in [1.29, 1.82) is 5.26 Å². The van der Waals surface area contributed by atoms with Gasteiger partial charge in [-0.2, -0.15) is 20.0 Å². The van der Waals surface area contributed by atoms with Gasteiger partial charge in [-0.05, 0) is 26.0 Å². The predicted octanol–water partition coefficient (Wildman–Crippen LogP) is 2.66. The Morgan fingerprint density at radius 3 is 2.67 bits per heavy atom. The van der Waals surface area contributed by atoms with Crippen LogP contribution in [-0.4, -0.2) is 19.7 Å². The number of ether oxygens (including phenoxy) is 1. The molecular weight excluding hydrogens is 311 g/mol. The maximum atomic E-state index is 13.7. The molecule has 0 saturated carbocycles. The number of nitrogens with two attached hydrogens (primary N) is 1. The van der Waals surface area contributed by atoms with Crippen molar-refractivity contribution in [1.82, 2.24) is 19.7 Å². The lowest BCUT2D eigenvalue weighted by molar-refractivity contribution is 0.424. The van der Waals surface area contributed by atoms with Gasteiger partial charge in [-0.25, -0.2) is 9.37 Å². The second kappa shape index (κ2) is 5.96. The highest BCUT2D eigenvalue weighted by molar-refractivity contribution is 5.55. The van der Waals surface area contributed by atoms with Crippen LogP contribution in [0, 0.1) is 31.0 Å². The number of rotatable bonds is 3. The van der Waals surface area contributed by atoms with Crippen molar-refractivity contribution in [2.75, 3.05) is 5.73 Å². The number of hydrogen-bond acceptors (Lipinski definition) is 6. The van der Waals surface area contributed by atoms with E-state index >= 15 is 0 Å². The fourth-order valence-corrected chi connectivity index (χ4v) is 2.18. The summed E-state index contributed by atoms with van der Waals surface area (Å²) in [6, 6.07) is 9.48. The summed E-state index contributed by atoms with van der Waals surface area (Å²) in [7, 11) is 0. The molecule has 0 atom stereocenters. The van der Waals surface area contributed by atoms with Crippen molar-refractivity contribution >= 4 is 5.82 Å². The monoisotopic (exact) mass is 324 g/mol. The molecule has 0 spiro atoms. The van der Waals surface area contributed by atoms with E-state index in [0.717, 1.165) is 0 Å². The molecule has 3 rings (SSSR count). The van der Waals surface area contributed by atoms with Crippen molar-refractivity contribution in [3.05, 3.63) is 53.2 Å². The summed E-state index contributed by atoms with van der Waals surface area (Å²) in [6.45, 7) is 3.34. The van der Waals surface area contributed by atoms with Crippen molar-refractivity contribution in [3.63, 3.8) is 0 Å². The predicted molar refractivity (Wildman–Crippen MR) is 84.2 cm³/mol. The van der Waals surface area contributed by atoms with E-state index in [9.17, 15) is 4.39 Å². The van der Waals surface area contributed by atoms with Gasteiger partial charge in [0.25, 0.3) is 0 Å². The number of aromatic nitrogens is 4. The molecule has 120 valence electrons. The molecule has 8 heteroatoms. The van der Waals surface area contributed by atoms with Gasteiger partial charge in [-0.3, -0.25) is 0 Å². The standard InChI is InChI=1S/C16H13FN6O/c1-9-11(8-18)16(19)23(22-9)14-7-15(21-10(2)20-14)24-13-6-4-3-5-12(13)17/h3-7H,19H2,1-2H3. The van der Waals surface area contributed by atoms with Crippen LogP contribution in [0.5, 0.6) is 11.6 Å². The molecule has 2 aromatic heterocycles. The number of benzene rings is 1. The number of aryl methyl sites for hydroxylation is 2. The normalized spacial score (nSPS) is 10.4. The maximum absolute atomic E-state index is 13.7. The van der Waals surface area contributed by atoms with Gasteiger partial charge in [0, 0.05) is 6.07 Å². The van der Waals surface area contributed by atoms with Gasteiger partial charge in [0.1, 0.15) is 23.3 Å². The van der Waals surface area contributed by atoms with Gasteiger partial charge in [-0.15, -0.1) is 0 Å². The Morgan fingerprint density at radius 2 is 2.00 bits per heavy atom. The van der Waals surface area contributed by atoms with Gasteiger partial charge in [-0.1, -0.05) is 12.1 Å². The lowest BCUT2D eigenvalue weighted by atomic mass is 10.3. The maximum Gasteiger partial charge on any atom is 0.224 e. The van der Waals surface area contributed by atoms with E-state index in [1.165, 1.54) is 22.9 Å². The molecule has 0 bridgehead atoms. The Kier molecular flexibility index (Phi) is 3.83. The molecule has 0 unspecified atom stereocenters. The molecule has 0 aliphatic carbocycles. The fraction of sp³-hybridized carbons (Fsp3) is 0.125. The van der Waals surface area contributed by atoms with Crippen LogP contribution >= 0.6 is 0 Å². The van der Waals surface area contributed by atoms with Crippen LogP contribution in [-0.2, 0) is 0 Å². The van der Waals surface area contributed by atoms with E-state index in [-0.39, 0.29) is 23.0 Å². The van der Waals surface area contributed by atoms with Crippen LogP contribution < -0.4 is 10.5 Å². The molecule has 2 N–H and O–H groups in total. The average Bonchev–Trinajstić information content (AvgIpc) is 2.83. The van der Waals surface area contributed by atoms with Crippen molar-refractivity contribution in [2.45, 2.75) is 13.8 Å². The average molecular weight is 324 g/mol. The highest BCUT2D eigenvalue weighted by atomic mass is 19.1. The zero-order chi connectivity index (χ0) is 17.3. The summed E-state index contributed by atoms with van der Waals surface area (Å²) in [5.74, 6) is 0.583. The van der Waals surface area contributed by atoms with Crippen molar-refractivity contribution in [3.8, 4) is 23.5 Å². The molecule has 2 heterocycles. The smallest absolute Gasteiger partial charge is 0.224 e. The zero-order valence-electron chi connectivity index (χ0n) is 13.0. The first kappa shape index (κ1) is 15.4. The number of hydrogen-bond donors (Lipinski definition) is 1. The van der Waals surface area contributed by atoms with Crippen LogP contribution in [0.3, 0.4) is 0 Å². The Bertz CT molecular complexity index is 960. The minimum absolute atomic E-state index is 0.0453. The molecule has 0 aliphatic rings. The van der Waals surface area contributed by atoms with Crippen LogP contribution in [0.2, 0.25) is 0 Å². The Morgan fingerprint density at radius 1 is 1.25 bits per heavy atom. The van der Waals surface area contributed by atoms with E-state index in [0.29, 0.717) is 17.3 Å². The number of nitrogen functional groups attached to an aromatic ring is 1. The molecule has 3 aromatic rings. The third kappa shape index (κ3) is 2.75. The van der Waals surface area contributed by atoms with Crippen LogP contribution in [0.1, 0.15) is 17.1 Å². The molecule has 0 amide bonds. The first-order chi connectivity index (χ1) is 11.5. The molecule has 0 saturated heterocycles. The zero-order valence-corrected chi connectivity index (χ0v) is 13.0. The number of halogens is 1. The molecule has 0 fully saturated rings. The lowest BCUT2D eigenvalue weighted by Crippen LogP contribution is -2.07. The molecule has 0 radical (unpaired) electrons. The number of nitrogens with zero attached hydrogens (tertiary/aromatic N) is 5. The SMILES string of the molecule is Cc1nc(Oc2ccccc2F)cc(-n2nc(C)c(C#N)c2N)n1. The quantitative estimate of drug-likeness (QED) is 0.794. The minimum Gasteiger partial charge on any atom is -0.436 e. The highest BCUT2D eigenvalue weighted by Crippen LogP contribution is 2.25. The van der Waals surface area contributed by atoms with E-state index in [2.05, 4.69) is 15.1 Å². The molecule has 0 aliphatic heterocycles. The first-order valence-corrected chi connectivity index (χ1v) is 7.03. The van der Waals surface area contributed by atoms with Crippen molar-refractivity contribution < 1.29 is 9.13 Å². The van der Waals surface area contributed by atoms with Crippen LogP contribution in [0.15, 0.2) is 30.3 Å². The van der Waals surface area contributed by atoms with Gasteiger partial charge in [0.15, 0.2) is 17.4 Å². The van der Waals surface area contributed by atoms with Gasteiger partial charge in [0.2, 0.25) is 5.88 Å². The lowest BCUT2D eigenvalue weighted by Gasteiger charge is -2.09. The summed E-state index contributed by atoms with van der Waals surface area (Å²) >= 11 is 0. The van der Waals surface area contributed by atoms with E-state index < -0.39 is 5.82 Å². The summed E-state index contributed by atoms with van der Waals surface area (Å²) in [5, 5.41) is 13.3. The molecule has 7 nitrogen and oxygen atoms in total. The molecule has 1 aromatic carbocycles. The fourth-order valence-electron chi connectivity index (χ4n) is 2.18. The third-order valence-corrected chi connectivity index (χ3v) is 3.28. The topological polar surface area (TPSA) is 103 Å². The van der Waals surface area contributed by atoms with Gasteiger partial charge in [0.05, 0.1) is 5.69 Å². The Labute approximate surface area is 137 Å². The van der Waals surface area contributed by atoms with Crippen molar-refractivity contribution in [2.24, 2.45) is 0 Å². The Balaban J connectivity index is 2.04. The minimum atomic E-state index is -0.503. The second-order valence-electron chi connectivity index (χ2n) is 5.01. The summed E-state index contributed by atoms with van der Waals surface area (Å²) < 4.78 is 20.5. The molecule has 24 heavy (non-hydrogen) atoms. The second-order valence-corrected chi connectivity index (χ2v) is 5.01. The largest absolute Gasteiger partial charge is 0.436 e. The Hall–Kier alpha value is -3.47. The first-order valence-electron chi connectivity index (χ1n) is 7.03. The number of nitriles is 1. The van der Waals surface area contributed by atoms with E-state index in [4.69, 9.17) is 15.7 Å². The van der Waals surface area contributed by atoms with Gasteiger partial charge < -0.3 is 10.5 Å². The highest BCUT2D eigenvalue weighted by Gasteiger charge is 2.16. The van der Waals surface area contributed by atoms with E-state index in [1.807, 2.05) is 6.07 Å². The number of anilines is 1. The summed E-state index contributed by atoms with van der Waals surface area (Å²) in [5.41, 5.74) is 6.71. The molecular formula is C16H13FN6O. The van der Waals surface area contributed by atoms with Crippen LogP contribution in [0.4, 0.5) is 10.2 Å². The summed E-state index contributed by atoms with van der Waals surface area (Å²) in [6.07, 6.45) is 0. The van der Waals surface area contributed by atoms with Crippen LogP contribution in [0.25, 0.3) is 5.82 Å².